The number of hydrogen-bond acceptors (Lipinski definition) is 5. The summed E-state index contributed by atoms with van der Waals surface area (Å²) in [6.07, 6.45) is 3.20. The summed E-state index contributed by atoms with van der Waals surface area (Å²) in [6.45, 7) is 5.93. The topological polar surface area (TPSA) is 75.3 Å². The van der Waals surface area contributed by atoms with Crippen LogP contribution in [0, 0.1) is 0 Å². The number of H-pyrrole nitrogens is 1. The number of ether oxygens (including phenoxy) is 1. The van der Waals surface area contributed by atoms with E-state index in [2.05, 4.69) is 10.2 Å². The predicted octanol–water partition coefficient (Wildman–Crippen LogP) is 4.18. The molecule has 142 valence electrons. The van der Waals surface area contributed by atoms with Crippen LogP contribution in [0.4, 0.5) is 5.82 Å². The molecular formula is C20H22ClN3O3. The van der Waals surface area contributed by atoms with Gasteiger partial charge < -0.3 is 9.64 Å². The minimum atomic E-state index is -0.638. The Bertz CT molecular complexity index is 903. The molecule has 0 spiro atoms. The average Bonchev–Trinajstić information content (AvgIpc) is 3.10. The van der Waals surface area contributed by atoms with E-state index in [1.807, 2.05) is 36.9 Å². The maximum atomic E-state index is 13.0. The number of esters is 2. The lowest BCUT2D eigenvalue weighted by Gasteiger charge is -2.36. The number of rotatable bonds is 5. The van der Waals surface area contributed by atoms with Gasteiger partial charge in [-0.3, -0.25) is 9.89 Å². The molecule has 0 bridgehead atoms. The summed E-state index contributed by atoms with van der Waals surface area (Å²) in [7, 11) is 0. The molecule has 2 aromatic rings. The lowest BCUT2D eigenvalue weighted by molar-refractivity contribution is -0.155. The van der Waals surface area contributed by atoms with Gasteiger partial charge in [0.05, 0.1) is 11.8 Å². The number of anilines is 1. The molecule has 1 N–H and O–H groups in total. The van der Waals surface area contributed by atoms with Crippen molar-refractivity contribution in [1.29, 1.82) is 0 Å². The lowest BCUT2D eigenvalue weighted by atomic mass is 9.81. The maximum Gasteiger partial charge on any atom is 0.344 e. The van der Waals surface area contributed by atoms with Gasteiger partial charge in [0.2, 0.25) is 0 Å². The first kappa shape index (κ1) is 19.2. The molecule has 0 saturated carbocycles. The van der Waals surface area contributed by atoms with Gasteiger partial charge in [-0.1, -0.05) is 43.1 Å². The number of benzene rings is 1. The van der Waals surface area contributed by atoms with Crippen LogP contribution in [0.2, 0.25) is 5.02 Å². The highest BCUT2D eigenvalue weighted by Crippen LogP contribution is 2.46. The summed E-state index contributed by atoms with van der Waals surface area (Å²) in [5, 5.41) is 7.79. The fourth-order valence-electron chi connectivity index (χ4n) is 3.63. The number of hydrogen-bond donors (Lipinski definition) is 1. The Morgan fingerprint density at radius 3 is 2.63 bits per heavy atom. The molecule has 1 unspecified atom stereocenters. The second-order valence-corrected chi connectivity index (χ2v) is 6.77. The highest BCUT2D eigenvalue weighted by atomic mass is 35.5. The standard InChI is InChI=1S/C20H22ClN3O3/c1-4-8-16-18(20(26)27-12(3)25)17(13-9-6-7-10-15(13)21)14-11-22-23-19(14)24(16)5-2/h6-7,9-11,17H,4-5,8H2,1-3H3,(H,22,23). The Labute approximate surface area is 163 Å². The molecular weight excluding hydrogens is 366 g/mol. The second kappa shape index (κ2) is 7.96. The number of allylic oxidation sites excluding steroid dienone is 1. The van der Waals surface area contributed by atoms with Crippen LogP contribution < -0.4 is 4.90 Å². The van der Waals surface area contributed by atoms with Crippen LogP contribution in [0.3, 0.4) is 0 Å². The van der Waals surface area contributed by atoms with Crippen molar-refractivity contribution >= 4 is 29.4 Å². The first-order valence-electron chi connectivity index (χ1n) is 9.00. The van der Waals surface area contributed by atoms with Gasteiger partial charge >= 0.3 is 11.9 Å². The van der Waals surface area contributed by atoms with E-state index in [1.165, 1.54) is 6.92 Å². The molecule has 7 heteroatoms. The molecule has 1 aromatic heterocycles. The third kappa shape index (κ3) is 3.49. The van der Waals surface area contributed by atoms with Crippen molar-refractivity contribution in [2.45, 2.75) is 39.5 Å². The average molecular weight is 388 g/mol. The van der Waals surface area contributed by atoms with Crippen LogP contribution in [0.25, 0.3) is 0 Å². The number of halogens is 1. The molecule has 0 fully saturated rings. The molecule has 2 heterocycles. The molecule has 1 aliphatic heterocycles. The van der Waals surface area contributed by atoms with E-state index < -0.39 is 17.9 Å². The third-order valence-corrected chi connectivity index (χ3v) is 4.97. The van der Waals surface area contributed by atoms with Gasteiger partial charge in [-0.25, -0.2) is 4.79 Å². The summed E-state index contributed by atoms with van der Waals surface area (Å²) in [5.74, 6) is -0.891. The van der Waals surface area contributed by atoms with E-state index in [1.54, 1.807) is 12.3 Å². The molecule has 1 aromatic carbocycles. The maximum absolute atomic E-state index is 13.0. The van der Waals surface area contributed by atoms with E-state index in [4.69, 9.17) is 16.3 Å². The lowest BCUT2D eigenvalue weighted by Crippen LogP contribution is -2.34. The molecule has 27 heavy (non-hydrogen) atoms. The SMILES string of the molecule is CCCC1=C(C(=O)OC(C)=O)C(c2ccccc2Cl)c2cn[nH]c2N1CC. The van der Waals surface area contributed by atoms with Gasteiger partial charge in [0, 0.05) is 35.7 Å². The smallest absolute Gasteiger partial charge is 0.344 e. The zero-order chi connectivity index (χ0) is 19.6. The van der Waals surface area contributed by atoms with Crippen LogP contribution in [0.5, 0.6) is 0 Å². The van der Waals surface area contributed by atoms with Crippen molar-refractivity contribution in [2.75, 3.05) is 11.4 Å². The number of fused-ring (bicyclic) bond motifs is 1. The second-order valence-electron chi connectivity index (χ2n) is 6.36. The Hall–Kier alpha value is -2.60. The number of carbonyl (C=O) groups excluding carboxylic acids is 2. The van der Waals surface area contributed by atoms with Crippen LogP contribution in [0.15, 0.2) is 41.7 Å². The van der Waals surface area contributed by atoms with Crippen molar-refractivity contribution in [3.8, 4) is 0 Å². The van der Waals surface area contributed by atoms with E-state index >= 15 is 0 Å². The van der Waals surface area contributed by atoms with Crippen molar-refractivity contribution < 1.29 is 14.3 Å². The minimum Gasteiger partial charge on any atom is -0.390 e. The van der Waals surface area contributed by atoms with Crippen molar-refractivity contribution in [3.63, 3.8) is 0 Å². The molecule has 0 aliphatic carbocycles. The number of carbonyl (C=O) groups is 2. The van der Waals surface area contributed by atoms with Gasteiger partial charge in [0.1, 0.15) is 5.82 Å². The van der Waals surface area contributed by atoms with Crippen LogP contribution in [-0.4, -0.2) is 28.7 Å². The van der Waals surface area contributed by atoms with E-state index in [9.17, 15) is 9.59 Å². The van der Waals surface area contributed by atoms with E-state index in [-0.39, 0.29) is 0 Å². The van der Waals surface area contributed by atoms with Crippen LogP contribution in [0.1, 0.15) is 50.7 Å². The minimum absolute atomic E-state index is 0.441. The first-order chi connectivity index (χ1) is 13.0. The molecule has 1 aliphatic rings. The van der Waals surface area contributed by atoms with Gasteiger partial charge in [-0.05, 0) is 25.0 Å². The summed E-state index contributed by atoms with van der Waals surface area (Å²) in [4.78, 5) is 26.5. The summed E-state index contributed by atoms with van der Waals surface area (Å²) in [5.41, 5.74) is 2.88. The number of nitrogens with zero attached hydrogens (tertiary/aromatic N) is 2. The van der Waals surface area contributed by atoms with Gasteiger partial charge in [-0.2, -0.15) is 5.10 Å². The molecule has 0 amide bonds. The number of aromatic amines is 1. The normalized spacial score (nSPS) is 16.3. The summed E-state index contributed by atoms with van der Waals surface area (Å²) < 4.78 is 5.01. The van der Waals surface area contributed by atoms with Crippen LogP contribution >= 0.6 is 11.6 Å². The zero-order valence-corrected chi connectivity index (χ0v) is 16.3. The molecule has 0 radical (unpaired) electrons. The molecule has 6 nitrogen and oxygen atoms in total. The van der Waals surface area contributed by atoms with Crippen LogP contribution in [-0.2, 0) is 14.3 Å². The molecule has 1 atom stereocenters. The highest BCUT2D eigenvalue weighted by Gasteiger charge is 2.39. The number of nitrogens with one attached hydrogen (secondary N) is 1. The Morgan fingerprint density at radius 1 is 1.26 bits per heavy atom. The predicted molar refractivity (Wildman–Crippen MR) is 104 cm³/mol. The molecule has 0 saturated heterocycles. The van der Waals surface area contributed by atoms with Gasteiger partial charge in [0.15, 0.2) is 0 Å². The largest absolute Gasteiger partial charge is 0.390 e. The molecule has 3 rings (SSSR count). The van der Waals surface area contributed by atoms with E-state index in [0.717, 1.165) is 29.1 Å². The summed E-state index contributed by atoms with van der Waals surface area (Å²) >= 11 is 6.48. The fourth-order valence-corrected chi connectivity index (χ4v) is 3.87. The number of aromatic nitrogens is 2. The highest BCUT2D eigenvalue weighted by molar-refractivity contribution is 6.31. The monoisotopic (exact) mass is 387 g/mol. The fraction of sp³-hybridized carbons (Fsp3) is 0.350. The first-order valence-corrected chi connectivity index (χ1v) is 9.38. The van der Waals surface area contributed by atoms with Crippen molar-refractivity contribution in [2.24, 2.45) is 0 Å². The zero-order valence-electron chi connectivity index (χ0n) is 15.6. The van der Waals surface area contributed by atoms with Gasteiger partial charge in [-0.15, -0.1) is 0 Å². The Kier molecular flexibility index (Phi) is 5.65. The Balaban J connectivity index is 2.28. The quantitative estimate of drug-likeness (QED) is 0.615. The van der Waals surface area contributed by atoms with E-state index in [0.29, 0.717) is 23.6 Å². The van der Waals surface area contributed by atoms with Crippen molar-refractivity contribution in [1.82, 2.24) is 10.2 Å². The third-order valence-electron chi connectivity index (χ3n) is 4.63. The van der Waals surface area contributed by atoms with Crippen molar-refractivity contribution in [3.05, 3.63) is 57.9 Å². The Morgan fingerprint density at radius 2 is 2.00 bits per heavy atom. The van der Waals surface area contributed by atoms with Gasteiger partial charge in [0.25, 0.3) is 0 Å². The summed E-state index contributed by atoms with van der Waals surface area (Å²) in [6, 6.07) is 7.39.